The second-order valence-electron chi connectivity index (χ2n) is 7.27. The van der Waals surface area contributed by atoms with Crippen LogP contribution in [0.15, 0.2) is 63.0 Å². The molecule has 0 saturated heterocycles. The Morgan fingerprint density at radius 2 is 1.88 bits per heavy atom. The summed E-state index contributed by atoms with van der Waals surface area (Å²) in [5.41, 5.74) is 2.82. The molecule has 32 heavy (non-hydrogen) atoms. The molecule has 2 aromatic carbocycles. The third-order valence-electron chi connectivity index (χ3n) is 5.11. The number of para-hydroxylation sites is 1. The van der Waals surface area contributed by atoms with Crippen LogP contribution in [0.3, 0.4) is 0 Å². The van der Waals surface area contributed by atoms with Gasteiger partial charge in [-0.25, -0.2) is 4.98 Å². The predicted molar refractivity (Wildman–Crippen MR) is 126 cm³/mol. The largest absolute Gasteiger partial charge is 0.382 e. The van der Waals surface area contributed by atoms with Crippen molar-refractivity contribution in [2.24, 2.45) is 0 Å². The normalized spacial score (nSPS) is 11.3. The Hall–Kier alpha value is -2.97. The number of rotatable bonds is 10. The number of aryl methyl sites for hydroxylation is 1. The molecule has 0 aliphatic carbocycles. The van der Waals surface area contributed by atoms with E-state index in [1.54, 1.807) is 4.57 Å². The first-order chi connectivity index (χ1) is 15.7. The Labute approximate surface area is 190 Å². The summed E-state index contributed by atoms with van der Waals surface area (Å²) in [6.45, 7) is 5.88. The summed E-state index contributed by atoms with van der Waals surface area (Å²) in [4.78, 5) is 22.3. The molecule has 4 aromatic rings. The highest BCUT2D eigenvalue weighted by molar-refractivity contribution is 7.98. The van der Waals surface area contributed by atoms with Crippen LogP contribution in [0.1, 0.15) is 31.7 Å². The maximum atomic E-state index is 13.1. The number of hydrogen-bond acceptors (Lipinski definition) is 7. The van der Waals surface area contributed by atoms with Crippen molar-refractivity contribution < 1.29 is 9.26 Å². The first-order valence-electron chi connectivity index (χ1n) is 10.8. The smallest absolute Gasteiger partial charge is 0.262 e. The van der Waals surface area contributed by atoms with E-state index in [1.807, 2.05) is 43.3 Å². The first-order valence-corrected chi connectivity index (χ1v) is 11.8. The van der Waals surface area contributed by atoms with E-state index in [0.717, 1.165) is 18.4 Å². The number of ether oxygens (including phenoxy) is 1. The minimum absolute atomic E-state index is 0.0446. The van der Waals surface area contributed by atoms with Crippen LogP contribution >= 0.6 is 11.8 Å². The molecule has 4 rings (SSSR count). The number of aromatic nitrogens is 4. The van der Waals surface area contributed by atoms with E-state index in [4.69, 9.17) is 14.2 Å². The van der Waals surface area contributed by atoms with Gasteiger partial charge in [0, 0.05) is 25.3 Å². The predicted octanol–water partition coefficient (Wildman–Crippen LogP) is 4.73. The third-order valence-corrected chi connectivity index (χ3v) is 6.08. The average molecular weight is 451 g/mol. The molecule has 0 aliphatic rings. The van der Waals surface area contributed by atoms with Crippen LogP contribution in [0.25, 0.3) is 22.3 Å². The highest BCUT2D eigenvalue weighted by Gasteiger charge is 2.14. The van der Waals surface area contributed by atoms with Crippen molar-refractivity contribution in [2.45, 2.75) is 44.1 Å². The van der Waals surface area contributed by atoms with E-state index in [9.17, 15) is 4.79 Å². The Kier molecular flexibility index (Phi) is 7.34. The van der Waals surface area contributed by atoms with Crippen LogP contribution in [-0.2, 0) is 23.5 Å². The third kappa shape index (κ3) is 5.08. The first kappa shape index (κ1) is 22.2. The van der Waals surface area contributed by atoms with E-state index in [1.165, 1.54) is 17.3 Å². The Bertz CT molecular complexity index is 1230. The van der Waals surface area contributed by atoms with Crippen LogP contribution in [0.2, 0.25) is 0 Å². The molecule has 7 nitrogen and oxygen atoms in total. The fraction of sp³-hybridized carbons (Fsp3) is 0.333. The topological polar surface area (TPSA) is 83.0 Å². The van der Waals surface area contributed by atoms with Crippen molar-refractivity contribution in [1.82, 2.24) is 19.7 Å². The van der Waals surface area contributed by atoms with Gasteiger partial charge in [0.1, 0.15) is 0 Å². The lowest BCUT2D eigenvalue weighted by atomic mass is 10.1. The monoisotopic (exact) mass is 450 g/mol. The minimum Gasteiger partial charge on any atom is -0.382 e. The molecule has 0 N–H and O–H groups in total. The standard InChI is InChI=1S/C24H26N4O3S/c1-3-17-10-12-18(13-11-17)22-26-21(31-27-22)16-32-24-25-20-9-6-5-8-19(20)23(29)28(24)14-7-15-30-4-2/h5-6,8-13H,3-4,7,14-16H2,1-2H3. The van der Waals surface area contributed by atoms with Crippen molar-refractivity contribution in [3.05, 3.63) is 70.3 Å². The minimum atomic E-state index is -0.0446. The second-order valence-corrected chi connectivity index (χ2v) is 8.21. The van der Waals surface area contributed by atoms with Crippen molar-refractivity contribution in [2.75, 3.05) is 13.2 Å². The van der Waals surface area contributed by atoms with Crippen LogP contribution in [0.4, 0.5) is 0 Å². The summed E-state index contributed by atoms with van der Waals surface area (Å²) in [7, 11) is 0. The van der Waals surface area contributed by atoms with Gasteiger partial charge in [-0.05, 0) is 37.5 Å². The van der Waals surface area contributed by atoms with Crippen LogP contribution < -0.4 is 5.56 Å². The SMILES string of the molecule is CCOCCCn1c(SCc2nc(-c3ccc(CC)cc3)no2)nc2ccccc2c1=O. The molecular formula is C24H26N4O3S. The molecule has 2 aromatic heterocycles. The van der Waals surface area contributed by atoms with Gasteiger partial charge in [-0.1, -0.05) is 60.2 Å². The number of fused-ring (bicyclic) bond motifs is 1. The molecule has 2 heterocycles. The Morgan fingerprint density at radius 1 is 1.06 bits per heavy atom. The summed E-state index contributed by atoms with van der Waals surface area (Å²) >= 11 is 1.42. The van der Waals surface area contributed by atoms with Crippen LogP contribution in [0.5, 0.6) is 0 Å². The molecule has 166 valence electrons. The van der Waals surface area contributed by atoms with Crippen molar-refractivity contribution in [1.29, 1.82) is 0 Å². The lowest BCUT2D eigenvalue weighted by molar-refractivity contribution is 0.140. The van der Waals surface area contributed by atoms with Gasteiger partial charge < -0.3 is 9.26 Å². The maximum absolute atomic E-state index is 13.1. The van der Waals surface area contributed by atoms with E-state index in [2.05, 4.69) is 29.2 Å². The van der Waals surface area contributed by atoms with Crippen molar-refractivity contribution >= 4 is 22.7 Å². The zero-order valence-electron chi connectivity index (χ0n) is 18.3. The van der Waals surface area contributed by atoms with E-state index >= 15 is 0 Å². The fourth-order valence-corrected chi connectivity index (χ4v) is 4.23. The summed E-state index contributed by atoms with van der Waals surface area (Å²) in [5.74, 6) is 1.48. The van der Waals surface area contributed by atoms with Gasteiger partial charge in [0.25, 0.3) is 5.56 Å². The Balaban J connectivity index is 1.54. The number of thioether (sulfide) groups is 1. The number of benzene rings is 2. The van der Waals surface area contributed by atoms with Gasteiger partial charge in [-0.2, -0.15) is 4.98 Å². The van der Waals surface area contributed by atoms with Gasteiger partial charge in [0.05, 0.1) is 16.7 Å². The number of nitrogens with zero attached hydrogens (tertiary/aromatic N) is 4. The molecular weight excluding hydrogens is 424 g/mol. The average Bonchev–Trinajstić information content (AvgIpc) is 3.31. The molecule has 8 heteroatoms. The molecule has 0 atom stereocenters. The summed E-state index contributed by atoms with van der Waals surface area (Å²) in [6, 6.07) is 15.6. The van der Waals surface area contributed by atoms with Gasteiger partial charge in [0.15, 0.2) is 5.16 Å². The van der Waals surface area contributed by atoms with E-state index in [-0.39, 0.29) is 5.56 Å². The zero-order chi connectivity index (χ0) is 22.3. The van der Waals surface area contributed by atoms with E-state index < -0.39 is 0 Å². The van der Waals surface area contributed by atoms with E-state index in [0.29, 0.717) is 53.3 Å². The van der Waals surface area contributed by atoms with Gasteiger partial charge in [-0.15, -0.1) is 0 Å². The van der Waals surface area contributed by atoms with Crippen LogP contribution in [-0.4, -0.2) is 32.9 Å². The number of hydrogen-bond donors (Lipinski definition) is 0. The molecule has 0 amide bonds. The highest BCUT2D eigenvalue weighted by Crippen LogP contribution is 2.24. The lowest BCUT2D eigenvalue weighted by Gasteiger charge is -2.12. The maximum Gasteiger partial charge on any atom is 0.262 e. The molecule has 0 spiro atoms. The summed E-state index contributed by atoms with van der Waals surface area (Å²) in [5, 5.41) is 5.36. The van der Waals surface area contributed by atoms with Gasteiger partial charge in [0.2, 0.25) is 11.7 Å². The van der Waals surface area contributed by atoms with Crippen molar-refractivity contribution in [3.8, 4) is 11.4 Å². The summed E-state index contributed by atoms with van der Waals surface area (Å²) in [6.07, 6.45) is 1.72. The molecule has 0 bridgehead atoms. The molecule has 0 unspecified atom stereocenters. The van der Waals surface area contributed by atoms with Gasteiger partial charge in [-0.3, -0.25) is 9.36 Å². The molecule has 0 fully saturated rings. The molecule has 0 aliphatic heterocycles. The van der Waals surface area contributed by atoms with Gasteiger partial charge >= 0.3 is 0 Å². The van der Waals surface area contributed by atoms with Crippen LogP contribution in [0, 0.1) is 0 Å². The lowest BCUT2D eigenvalue weighted by Crippen LogP contribution is -2.24. The molecule has 0 saturated carbocycles. The van der Waals surface area contributed by atoms with Crippen molar-refractivity contribution in [3.63, 3.8) is 0 Å². The second kappa shape index (κ2) is 10.6. The fourth-order valence-electron chi connectivity index (χ4n) is 3.37. The Morgan fingerprint density at radius 3 is 2.66 bits per heavy atom. The highest BCUT2D eigenvalue weighted by atomic mass is 32.2. The summed E-state index contributed by atoms with van der Waals surface area (Å²) < 4.78 is 12.6. The quantitative estimate of drug-likeness (QED) is 0.196. The zero-order valence-corrected chi connectivity index (χ0v) is 19.1. The molecule has 0 radical (unpaired) electrons.